The number of hydrogen-bond acceptors (Lipinski definition) is 3. The van der Waals surface area contributed by atoms with Crippen LogP contribution in [0.5, 0.6) is 0 Å². The van der Waals surface area contributed by atoms with Crippen LogP contribution >= 0.6 is 0 Å². The molecule has 0 spiro atoms. The first-order chi connectivity index (χ1) is 5.25. The van der Waals surface area contributed by atoms with Crippen molar-refractivity contribution in [2.75, 3.05) is 12.8 Å². The zero-order valence-corrected chi connectivity index (χ0v) is 6.74. The number of anilines is 1. The van der Waals surface area contributed by atoms with Crippen molar-refractivity contribution in [3.05, 3.63) is 23.9 Å². The first-order valence-corrected chi connectivity index (χ1v) is 3.49. The third kappa shape index (κ3) is 1.68. The highest BCUT2D eigenvalue weighted by Crippen LogP contribution is 2.19. The molecule has 0 aromatic carbocycles. The zero-order valence-electron chi connectivity index (χ0n) is 6.74. The van der Waals surface area contributed by atoms with Crippen molar-refractivity contribution in [1.82, 2.24) is 4.98 Å². The van der Waals surface area contributed by atoms with Crippen LogP contribution in [0, 0.1) is 0 Å². The summed E-state index contributed by atoms with van der Waals surface area (Å²) in [5.41, 5.74) is 6.55. The second-order valence-electron chi connectivity index (χ2n) is 2.36. The monoisotopic (exact) mass is 152 g/mol. The number of nitrogen functional groups attached to an aromatic ring is 1. The van der Waals surface area contributed by atoms with Crippen LogP contribution in [0.25, 0.3) is 0 Å². The Morgan fingerprint density at radius 2 is 2.36 bits per heavy atom. The number of pyridine rings is 1. The summed E-state index contributed by atoms with van der Waals surface area (Å²) >= 11 is 0. The van der Waals surface area contributed by atoms with Crippen molar-refractivity contribution in [2.45, 2.75) is 13.0 Å². The van der Waals surface area contributed by atoms with Crippen LogP contribution in [-0.2, 0) is 4.74 Å². The van der Waals surface area contributed by atoms with Crippen LogP contribution in [-0.4, -0.2) is 12.1 Å². The summed E-state index contributed by atoms with van der Waals surface area (Å²) in [6, 6.07) is 3.76. The lowest BCUT2D eigenvalue weighted by Crippen LogP contribution is -2.02. The molecule has 60 valence electrons. The predicted octanol–water partition coefficient (Wildman–Crippen LogP) is 1.37. The Hall–Kier alpha value is -1.09. The minimum Gasteiger partial charge on any atom is -0.383 e. The van der Waals surface area contributed by atoms with Crippen LogP contribution in [0.1, 0.15) is 18.6 Å². The van der Waals surface area contributed by atoms with Gasteiger partial charge in [-0.3, -0.25) is 0 Å². The minimum atomic E-state index is 0.0173. The molecule has 1 unspecified atom stereocenters. The number of aromatic nitrogens is 1. The molecule has 1 atom stereocenters. The van der Waals surface area contributed by atoms with Gasteiger partial charge in [0.2, 0.25) is 0 Å². The fourth-order valence-electron chi connectivity index (χ4n) is 0.901. The summed E-state index contributed by atoms with van der Waals surface area (Å²) in [5, 5.41) is 0. The zero-order chi connectivity index (χ0) is 8.27. The first kappa shape index (κ1) is 8.01. The maximum Gasteiger partial charge on any atom is 0.129 e. The average molecular weight is 152 g/mol. The molecule has 0 aliphatic rings. The van der Waals surface area contributed by atoms with Gasteiger partial charge in [-0.15, -0.1) is 0 Å². The molecule has 0 fully saturated rings. The summed E-state index contributed by atoms with van der Waals surface area (Å²) in [4.78, 5) is 3.95. The van der Waals surface area contributed by atoms with E-state index < -0.39 is 0 Å². The highest BCUT2D eigenvalue weighted by Gasteiger charge is 2.06. The standard InChI is InChI=1S/C8H12N2O/c1-6(11-2)7-4-3-5-10-8(7)9/h3-6H,1-2H3,(H2,9,10). The molecule has 11 heavy (non-hydrogen) atoms. The van der Waals surface area contributed by atoms with Gasteiger partial charge in [0.1, 0.15) is 5.82 Å². The maximum absolute atomic E-state index is 5.61. The summed E-state index contributed by atoms with van der Waals surface area (Å²) < 4.78 is 5.10. The molecule has 0 radical (unpaired) electrons. The Labute approximate surface area is 66.2 Å². The number of methoxy groups -OCH3 is 1. The molecule has 0 saturated heterocycles. The van der Waals surface area contributed by atoms with Crippen molar-refractivity contribution in [3.8, 4) is 0 Å². The smallest absolute Gasteiger partial charge is 0.129 e. The normalized spacial score (nSPS) is 12.9. The maximum atomic E-state index is 5.61. The topological polar surface area (TPSA) is 48.1 Å². The summed E-state index contributed by atoms with van der Waals surface area (Å²) in [6.07, 6.45) is 1.69. The van der Waals surface area contributed by atoms with Crippen LogP contribution in [0.4, 0.5) is 5.82 Å². The van der Waals surface area contributed by atoms with Crippen molar-refractivity contribution >= 4 is 5.82 Å². The van der Waals surface area contributed by atoms with Crippen molar-refractivity contribution in [3.63, 3.8) is 0 Å². The largest absolute Gasteiger partial charge is 0.383 e. The Bertz CT molecular complexity index is 237. The number of nitrogens with two attached hydrogens (primary N) is 1. The average Bonchev–Trinajstić information content (AvgIpc) is 2.04. The lowest BCUT2D eigenvalue weighted by atomic mass is 10.2. The van der Waals surface area contributed by atoms with E-state index in [4.69, 9.17) is 10.5 Å². The number of hydrogen-bond donors (Lipinski definition) is 1. The van der Waals surface area contributed by atoms with Gasteiger partial charge in [-0.05, 0) is 13.0 Å². The van der Waals surface area contributed by atoms with Gasteiger partial charge in [-0.1, -0.05) is 6.07 Å². The molecular weight excluding hydrogens is 140 g/mol. The summed E-state index contributed by atoms with van der Waals surface area (Å²) in [7, 11) is 1.65. The second-order valence-corrected chi connectivity index (χ2v) is 2.36. The van der Waals surface area contributed by atoms with Gasteiger partial charge in [0.05, 0.1) is 6.10 Å². The quantitative estimate of drug-likeness (QED) is 0.696. The highest BCUT2D eigenvalue weighted by atomic mass is 16.5. The lowest BCUT2D eigenvalue weighted by Gasteiger charge is -2.10. The lowest BCUT2D eigenvalue weighted by molar-refractivity contribution is 0.120. The first-order valence-electron chi connectivity index (χ1n) is 3.49. The highest BCUT2D eigenvalue weighted by molar-refractivity contribution is 5.39. The Morgan fingerprint density at radius 3 is 2.91 bits per heavy atom. The van der Waals surface area contributed by atoms with Gasteiger partial charge in [0.25, 0.3) is 0 Å². The van der Waals surface area contributed by atoms with E-state index in [9.17, 15) is 0 Å². The molecule has 0 amide bonds. The van der Waals surface area contributed by atoms with Crippen LogP contribution in [0.2, 0.25) is 0 Å². The van der Waals surface area contributed by atoms with Crippen LogP contribution in [0.3, 0.4) is 0 Å². The third-order valence-electron chi connectivity index (χ3n) is 1.66. The number of nitrogens with zero attached hydrogens (tertiary/aromatic N) is 1. The molecule has 1 aromatic heterocycles. The van der Waals surface area contributed by atoms with Crippen molar-refractivity contribution in [2.24, 2.45) is 0 Å². The summed E-state index contributed by atoms with van der Waals surface area (Å²) in [5.74, 6) is 0.543. The SMILES string of the molecule is COC(C)c1cccnc1N. The molecule has 3 nitrogen and oxygen atoms in total. The van der Waals surface area contributed by atoms with Gasteiger partial charge < -0.3 is 10.5 Å². The van der Waals surface area contributed by atoms with Gasteiger partial charge in [-0.25, -0.2) is 4.98 Å². The van der Waals surface area contributed by atoms with Crippen LogP contribution < -0.4 is 5.73 Å². The molecule has 0 aliphatic carbocycles. The molecule has 1 heterocycles. The molecule has 1 rings (SSSR count). The van der Waals surface area contributed by atoms with E-state index in [0.29, 0.717) is 5.82 Å². The molecule has 0 saturated carbocycles. The van der Waals surface area contributed by atoms with E-state index in [1.165, 1.54) is 0 Å². The van der Waals surface area contributed by atoms with Crippen molar-refractivity contribution < 1.29 is 4.74 Å². The molecule has 3 heteroatoms. The number of ether oxygens (including phenoxy) is 1. The molecule has 2 N–H and O–H groups in total. The molecule has 0 aliphatic heterocycles. The van der Waals surface area contributed by atoms with Gasteiger partial charge in [0.15, 0.2) is 0 Å². The Morgan fingerprint density at radius 1 is 1.64 bits per heavy atom. The van der Waals surface area contributed by atoms with Crippen LogP contribution in [0.15, 0.2) is 18.3 Å². The van der Waals surface area contributed by atoms with E-state index in [1.807, 2.05) is 19.1 Å². The summed E-state index contributed by atoms with van der Waals surface area (Å²) in [6.45, 7) is 1.94. The third-order valence-corrected chi connectivity index (χ3v) is 1.66. The van der Waals surface area contributed by atoms with Gasteiger partial charge in [-0.2, -0.15) is 0 Å². The number of rotatable bonds is 2. The minimum absolute atomic E-state index is 0.0173. The Balaban J connectivity index is 2.93. The van der Waals surface area contributed by atoms with E-state index in [2.05, 4.69) is 4.98 Å². The second kappa shape index (κ2) is 3.34. The fraction of sp³-hybridized carbons (Fsp3) is 0.375. The van der Waals surface area contributed by atoms with Crippen molar-refractivity contribution in [1.29, 1.82) is 0 Å². The Kier molecular flexibility index (Phi) is 2.44. The predicted molar refractivity (Wildman–Crippen MR) is 44.1 cm³/mol. The molecule has 0 bridgehead atoms. The fourth-order valence-corrected chi connectivity index (χ4v) is 0.901. The van der Waals surface area contributed by atoms with Gasteiger partial charge in [0, 0.05) is 18.9 Å². The van der Waals surface area contributed by atoms with E-state index in [1.54, 1.807) is 13.3 Å². The van der Waals surface area contributed by atoms with Gasteiger partial charge >= 0.3 is 0 Å². The molecular formula is C8H12N2O. The molecule has 1 aromatic rings. The van der Waals surface area contributed by atoms with E-state index in [0.717, 1.165) is 5.56 Å². The van der Waals surface area contributed by atoms with E-state index >= 15 is 0 Å². The van der Waals surface area contributed by atoms with E-state index in [-0.39, 0.29) is 6.10 Å².